The van der Waals surface area contributed by atoms with Gasteiger partial charge in [-0.25, -0.2) is 4.98 Å². The van der Waals surface area contributed by atoms with Crippen molar-refractivity contribution in [2.45, 2.75) is 39.2 Å². The van der Waals surface area contributed by atoms with Gasteiger partial charge < -0.3 is 10.6 Å². The van der Waals surface area contributed by atoms with Crippen LogP contribution in [0, 0.1) is 5.92 Å². The van der Waals surface area contributed by atoms with E-state index in [9.17, 15) is 0 Å². The average molecular weight is 233 g/mol. The molecule has 17 heavy (non-hydrogen) atoms. The van der Waals surface area contributed by atoms with Crippen molar-refractivity contribution in [1.29, 1.82) is 0 Å². The number of hydrogen-bond acceptors (Lipinski definition) is 3. The molecule has 0 amide bonds. The maximum absolute atomic E-state index is 5.92. The quantitative estimate of drug-likeness (QED) is 0.854. The highest BCUT2D eigenvalue weighted by Gasteiger charge is 2.15. The van der Waals surface area contributed by atoms with Crippen LogP contribution in [0.25, 0.3) is 0 Å². The van der Waals surface area contributed by atoms with E-state index >= 15 is 0 Å². The van der Waals surface area contributed by atoms with Crippen molar-refractivity contribution in [3.8, 4) is 0 Å². The topological polar surface area (TPSA) is 42.1 Å². The van der Waals surface area contributed by atoms with Gasteiger partial charge in [-0.3, -0.25) is 0 Å². The third-order valence-corrected chi connectivity index (χ3v) is 3.64. The minimum atomic E-state index is 0.0858. The van der Waals surface area contributed by atoms with Gasteiger partial charge in [-0.2, -0.15) is 0 Å². The van der Waals surface area contributed by atoms with Crippen molar-refractivity contribution < 1.29 is 0 Å². The number of anilines is 1. The van der Waals surface area contributed by atoms with E-state index in [1.54, 1.807) is 0 Å². The molecule has 3 heteroatoms. The van der Waals surface area contributed by atoms with Crippen molar-refractivity contribution in [3.05, 3.63) is 23.9 Å². The fraction of sp³-hybridized carbons (Fsp3) is 0.643. The molecule has 2 N–H and O–H groups in total. The Bertz CT molecular complexity index is 362. The molecule has 0 bridgehead atoms. The van der Waals surface area contributed by atoms with Crippen molar-refractivity contribution in [2.75, 3.05) is 18.0 Å². The molecule has 94 valence electrons. The molecule has 1 unspecified atom stereocenters. The molecular weight excluding hydrogens is 210 g/mol. The van der Waals surface area contributed by atoms with E-state index in [-0.39, 0.29) is 6.04 Å². The Morgan fingerprint density at radius 2 is 2.24 bits per heavy atom. The first-order valence-electron chi connectivity index (χ1n) is 6.63. The van der Waals surface area contributed by atoms with Gasteiger partial charge in [0, 0.05) is 25.3 Å². The molecule has 0 radical (unpaired) electrons. The normalized spacial score (nSPS) is 23.2. The summed E-state index contributed by atoms with van der Waals surface area (Å²) in [5.41, 5.74) is 7.09. The van der Waals surface area contributed by atoms with E-state index in [0.717, 1.165) is 24.8 Å². The zero-order valence-electron chi connectivity index (χ0n) is 10.9. The highest BCUT2D eigenvalue weighted by molar-refractivity contribution is 5.41. The summed E-state index contributed by atoms with van der Waals surface area (Å²) < 4.78 is 0. The number of pyridine rings is 1. The molecule has 1 aliphatic heterocycles. The van der Waals surface area contributed by atoms with E-state index in [1.807, 2.05) is 19.2 Å². The van der Waals surface area contributed by atoms with Crippen molar-refractivity contribution in [3.63, 3.8) is 0 Å². The molecule has 0 saturated carbocycles. The van der Waals surface area contributed by atoms with Gasteiger partial charge >= 0.3 is 0 Å². The van der Waals surface area contributed by atoms with E-state index in [2.05, 4.69) is 22.9 Å². The van der Waals surface area contributed by atoms with E-state index in [1.165, 1.54) is 24.8 Å². The Morgan fingerprint density at radius 1 is 1.41 bits per heavy atom. The van der Waals surface area contributed by atoms with Gasteiger partial charge in [0.25, 0.3) is 0 Å². The minimum Gasteiger partial charge on any atom is -0.357 e. The standard InChI is InChI=1S/C14H23N3/c1-11-4-3-8-17(9-6-11)14-10-13(12(2)15)5-7-16-14/h5,7,10-12H,3-4,6,8-9,15H2,1-2H3/t11?,12-/m1/s1. The van der Waals surface area contributed by atoms with Crippen molar-refractivity contribution in [1.82, 2.24) is 4.98 Å². The second-order valence-corrected chi connectivity index (χ2v) is 5.26. The van der Waals surface area contributed by atoms with Gasteiger partial charge in [0.1, 0.15) is 5.82 Å². The molecule has 2 rings (SSSR count). The number of aromatic nitrogens is 1. The summed E-state index contributed by atoms with van der Waals surface area (Å²) in [4.78, 5) is 6.88. The average Bonchev–Trinajstić information content (AvgIpc) is 2.54. The summed E-state index contributed by atoms with van der Waals surface area (Å²) in [5, 5.41) is 0. The lowest BCUT2D eigenvalue weighted by Gasteiger charge is -2.22. The molecular formula is C14H23N3. The summed E-state index contributed by atoms with van der Waals surface area (Å²) >= 11 is 0. The van der Waals surface area contributed by atoms with Crippen molar-refractivity contribution in [2.24, 2.45) is 11.7 Å². The van der Waals surface area contributed by atoms with Crippen LogP contribution in [0.5, 0.6) is 0 Å². The predicted molar refractivity (Wildman–Crippen MR) is 72.1 cm³/mol. The first-order chi connectivity index (χ1) is 8.16. The zero-order valence-corrected chi connectivity index (χ0v) is 10.9. The number of nitrogens with zero attached hydrogens (tertiary/aromatic N) is 2. The molecule has 0 spiro atoms. The van der Waals surface area contributed by atoms with Gasteiger partial charge in [-0.1, -0.05) is 6.92 Å². The molecule has 2 heterocycles. The Morgan fingerprint density at radius 3 is 3.00 bits per heavy atom. The molecule has 1 aliphatic rings. The van der Waals surface area contributed by atoms with Crippen LogP contribution in [0.3, 0.4) is 0 Å². The van der Waals surface area contributed by atoms with E-state index in [0.29, 0.717) is 0 Å². The summed E-state index contributed by atoms with van der Waals surface area (Å²) in [6, 6.07) is 4.23. The predicted octanol–water partition coefficient (Wildman–Crippen LogP) is 2.73. The summed E-state index contributed by atoms with van der Waals surface area (Å²) in [6.07, 6.45) is 5.75. The molecule has 1 aromatic heterocycles. The number of rotatable bonds is 2. The SMILES string of the molecule is CC1CCCN(c2cc([C@@H](C)N)ccn2)CC1. The first-order valence-corrected chi connectivity index (χ1v) is 6.63. The second-order valence-electron chi connectivity index (χ2n) is 5.26. The van der Waals surface area contributed by atoms with Gasteiger partial charge in [-0.15, -0.1) is 0 Å². The number of nitrogens with two attached hydrogens (primary N) is 1. The van der Waals surface area contributed by atoms with Crippen LogP contribution in [0.15, 0.2) is 18.3 Å². The van der Waals surface area contributed by atoms with Gasteiger partial charge in [-0.05, 0) is 49.8 Å². The van der Waals surface area contributed by atoms with Crippen LogP contribution in [0.4, 0.5) is 5.82 Å². The van der Waals surface area contributed by atoms with Gasteiger partial charge in [0.15, 0.2) is 0 Å². The molecule has 1 saturated heterocycles. The lowest BCUT2D eigenvalue weighted by molar-refractivity contribution is 0.521. The Kier molecular flexibility index (Phi) is 4.00. The molecule has 1 aromatic rings. The minimum absolute atomic E-state index is 0.0858. The molecule has 0 aromatic carbocycles. The van der Waals surface area contributed by atoms with Gasteiger partial charge in [0.05, 0.1) is 0 Å². The monoisotopic (exact) mass is 233 g/mol. The fourth-order valence-corrected chi connectivity index (χ4v) is 2.38. The summed E-state index contributed by atoms with van der Waals surface area (Å²) in [6.45, 7) is 6.61. The fourth-order valence-electron chi connectivity index (χ4n) is 2.38. The maximum atomic E-state index is 5.92. The van der Waals surface area contributed by atoms with Gasteiger partial charge in [0.2, 0.25) is 0 Å². The maximum Gasteiger partial charge on any atom is 0.128 e. The molecule has 1 fully saturated rings. The van der Waals surface area contributed by atoms with Crippen LogP contribution >= 0.6 is 0 Å². The van der Waals surface area contributed by atoms with E-state index in [4.69, 9.17) is 5.73 Å². The van der Waals surface area contributed by atoms with Crippen LogP contribution in [-0.2, 0) is 0 Å². The first kappa shape index (κ1) is 12.4. The van der Waals surface area contributed by atoms with Crippen molar-refractivity contribution >= 4 is 5.82 Å². The van der Waals surface area contributed by atoms with Crippen LogP contribution < -0.4 is 10.6 Å². The summed E-state index contributed by atoms with van der Waals surface area (Å²) in [5.74, 6) is 1.94. The highest BCUT2D eigenvalue weighted by Crippen LogP contribution is 2.22. The summed E-state index contributed by atoms with van der Waals surface area (Å²) in [7, 11) is 0. The number of hydrogen-bond donors (Lipinski definition) is 1. The second kappa shape index (κ2) is 5.50. The smallest absolute Gasteiger partial charge is 0.128 e. The molecule has 3 nitrogen and oxygen atoms in total. The third kappa shape index (κ3) is 3.19. The van der Waals surface area contributed by atoms with Crippen LogP contribution in [-0.4, -0.2) is 18.1 Å². The Balaban J connectivity index is 2.13. The zero-order chi connectivity index (χ0) is 12.3. The largest absolute Gasteiger partial charge is 0.357 e. The van der Waals surface area contributed by atoms with E-state index < -0.39 is 0 Å². The lowest BCUT2D eigenvalue weighted by Crippen LogP contribution is -2.25. The third-order valence-electron chi connectivity index (χ3n) is 3.64. The molecule has 2 atom stereocenters. The lowest BCUT2D eigenvalue weighted by atomic mass is 10.0. The highest BCUT2D eigenvalue weighted by atomic mass is 15.2. The Hall–Kier alpha value is -1.09. The Labute approximate surface area is 104 Å². The van der Waals surface area contributed by atoms with Crippen LogP contribution in [0.1, 0.15) is 44.7 Å². The molecule has 0 aliphatic carbocycles. The van der Waals surface area contributed by atoms with Crippen LogP contribution in [0.2, 0.25) is 0 Å².